The maximum absolute atomic E-state index is 14.4. The maximum atomic E-state index is 14.4. The minimum Gasteiger partial charge on any atom is -0.496 e. The molecule has 0 spiro atoms. The standard InChI is InChI=1S/C28H32FN7O5S/c1-16(2)33-26(38)28(4,5)35-23(37)22-17(3)24(36-31-11-12-32-36)42-25(22)34(27(35)39)15-21(41-13-7-10-30)19-14-18(29)8-9-20(19)40-6/h8-9,11-12,14,16,21H,7,13,15H2,1-6H3,(H,33,38). The summed E-state index contributed by atoms with van der Waals surface area (Å²) in [6.07, 6.45) is 2.07. The number of methoxy groups -OCH3 is 1. The Labute approximate surface area is 244 Å². The van der Waals surface area contributed by atoms with Gasteiger partial charge in [0.2, 0.25) is 5.91 Å². The number of hydrogen-bond donors (Lipinski definition) is 1. The van der Waals surface area contributed by atoms with E-state index in [4.69, 9.17) is 14.7 Å². The van der Waals surface area contributed by atoms with Crippen molar-refractivity contribution < 1.29 is 18.7 Å². The molecule has 1 aromatic carbocycles. The Hall–Kier alpha value is -4.35. The van der Waals surface area contributed by atoms with Crippen LogP contribution < -0.4 is 21.3 Å². The Balaban J connectivity index is 2.03. The molecule has 0 radical (unpaired) electrons. The number of carbonyl (C=O) groups excluding carboxylic acids is 1. The first-order valence-electron chi connectivity index (χ1n) is 13.2. The van der Waals surface area contributed by atoms with Crippen LogP contribution in [0.4, 0.5) is 4.39 Å². The van der Waals surface area contributed by atoms with Gasteiger partial charge >= 0.3 is 5.69 Å². The molecule has 0 saturated carbocycles. The fourth-order valence-electron chi connectivity index (χ4n) is 4.65. The smallest absolute Gasteiger partial charge is 0.333 e. The average molecular weight is 598 g/mol. The number of halogens is 1. The van der Waals surface area contributed by atoms with Crippen molar-refractivity contribution in [3.05, 3.63) is 68.4 Å². The Bertz CT molecular complexity index is 1770. The lowest BCUT2D eigenvalue weighted by Crippen LogP contribution is -2.56. The normalized spacial score (nSPS) is 12.5. The Morgan fingerprint density at radius 3 is 2.55 bits per heavy atom. The summed E-state index contributed by atoms with van der Waals surface area (Å²) >= 11 is 1.13. The number of aryl methyl sites for hydroxylation is 1. The molecule has 0 bridgehead atoms. The van der Waals surface area contributed by atoms with Crippen LogP contribution in [0.3, 0.4) is 0 Å². The van der Waals surface area contributed by atoms with E-state index in [2.05, 4.69) is 15.5 Å². The molecule has 3 aromatic heterocycles. The third-order valence-corrected chi connectivity index (χ3v) is 8.02. The number of benzene rings is 1. The number of hydrogen-bond acceptors (Lipinski definition) is 9. The molecule has 1 amide bonds. The van der Waals surface area contributed by atoms with Crippen molar-refractivity contribution in [2.45, 2.75) is 65.3 Å². The van der Waals surface area contributed by atoms with Crippen molar-refractivity contribution in [1.82, 2.24) is 29.4 Å². The molecular formula is C28H32FN7O5S. The second-order valence-electron chi connectivity index (χ2n) is 10.4. The predicted molar refractivity (Wildman–Crippen MR) is 154 cm³/mol. The van der Waals surface area contributed by atoms with Crippen LogP contribution in [0.5, 0.6) is 5.75 Å². The Morgan fingerprint density at radius 2 is 1.93 bits per heavy atom. The van der Waals surface area contributed by atoms with Crippen LogP contribution >= 0.6 is 11.3 Å². The number of carbonyl (C=O) groups is 1. The third-order valence-electron chi connectivity index (χ3n) is 6.74. The second-order valence-corrected chi connectivity index (χ2v) is 11.4. The van der Waals surface area contributed by atoms with E-state index in [1.54, 1.807) is 20.8 Å². The highest BCUT2D eigenvalue weighted by atomic mass is 32.1. The summed E-state index contributed by atoms with van der Waals surface area (Å²) in [6.45, 7) is 8.08. The summed E-state index contributed by atoms with van der Waals surface area (Å²) in [6, 6.07) is 5.69. The van der Waals surface area contributed by atoms with Crippen molar-refractivity contribution in [2.24, 2.45) is 0 Å². The number of aromatic nitrogens is 5. The van der Waals surface area contributed by atoms with Crippen LogP contribution in [-0.4, -0.2) is 49.8 Å². The molecule has 0 fully saturated rings. The van der Waals surface area contributed by atoms with Crippen molar-refractivity contribution >= 4 is 27.5 Å². The van der Waals surface area contributed by atoms with Crippen molar-refractivity contribution in [3.63, 3.8) is 0 Å². The fourth-order valence-corrected chi connectivity index (χ4v) is 5.87. The van der Waals surface area contributed by atoms with E-state index in [-0.39, 0.29) is 31.0 Å². The monoisotopic (exact) mass is 597 g/mol. The first kappa shape index (κ1) is 30.6. The van der Waals surface area contributed by atoms with Crippen LogP contribution in [0, 0.1) is 24.1 Å². The molecule has 42 heavy (non-hydrogen) atoms. The molecule has 222 valence electrons. The molecule has 12 nitrogen and oxygen atoms in total. The van der Waals surface area contributed by atoms with E-state index in [1.807, 2.05) is 6.07 Å². The average Bonchev–Trinajstić information content (AvgIpc) is 3.58. The number of amides is 1. The molecule has 1 atom stereocenters. The number of thiophene rings is 1. The summed E-state index contributed by atoms with van der Waals surface area (Å²) in [5.41, 5.74) is -2.16. The van der Waals surface area contributed by atoms with Gasteiger partial charge in [-0.25, -0.2) is 13.8 Å². The Kier molecular flexibility index (Phi) is 8.93. The number of nitrogens with one attached hydrogen (secondary N) is 1. The van der Waals surface area contributed by atoms with E-state index in [0.29, 0.717) is 26.7 Å². The third kappa shape index (κ3) is 5.70. The molecule has 14 heteroatoms. The van der Waals surface area contributed by atoms with Gasteiger partial charge in [-0.15, -0.1) is 4.80 Å². The largest absolute Gasteiger partial charge is 0.496 e. The zero-order valence-electron chi connectivity index (χ0n) is 24.2. The van der Waals surface area contributed by atoms with Gasteiger partial charge in [0.1, 0.15) is 33.0 Å². The van der Waals surface area contributed by atoms with E-state index in [9.17, 15) is 18.8 Å². The zero-order chi connectivity index (χ0) is 30.8. The summed E-state index contributed by atoms with van der Waals surface area (Å²) in [7, 11) is 1.43. The van der Waals surface area contributed by atoms with E-state index >= 15 is 0 Å². The fraction of sp³-hybridized carbons (Fsp3) is 0.429. The molecule has 4 rings (SSSR count). The second kappa shape index (κ2) is 12.3. The van der Waals surface area contributed by atoms with Gasteiger partial charge in [0.05, 0.1) is 50.5 Å². The topological polar surface area (TPSA) is 146 Å². The quantitative estimate of drug-likeness (QED) is 0.260. The highest BCUT2D eigenvalue weighted by Crippen LogP contribution is 2.34. The van der Waals surface area contributed by atoms with Gasteiger partial charge in [-0.3, -0.25) is 14.2 Å². The highest BCUT2D eigenvalue weighted by molar-refractivity contribution is 7.21. The van der Waals surface area contributed by atoms with Crippen LogP contribution in [-0.2, 0) is 21.6 Å². The Morgan fingerprint density at radius 1 is 1.24 bits per heavy atom. The molecule has 1 N–H and O–H groups in total. The SMILES string of the molecule is COc1ccc(F)cc1C(Cn1c(=O)n(C(C)(C)C(=O)NC(C)C)c(=O)c2c(C)c(-n3nccn3)sc21)OCCC#N. The van der Waals surface area contributed by atoms with E-state index in [1.165, 1.54) is 60.9 Å². The number of rotatable bonds is 11. The molecule has 0 aliphatic heterocycles. The molecule has 0 aliphatic carbocycles. The number of fused-ring (bicyclic) bond motifs is 1. The van der Waals surface area contributed by atoms with Gasteiger partial charge in [0, 0.05) is 17.2 Å². The van der Waals surface area contributed by atoms with Crippen LogP contribution in [0.15, 0.2) is 40.2 Å². The number of ether oxygens (including phenoxy) is 2. The van der Waals surface area contributed by atoms with E-state index in [0.717, 1.165) is 15.9 Å². The predicted octanol–water partition coefficient (Wildman–Crippen LogP) is 3.19. The molecule has 1 unspecified atom stereocenters. The number of nitrogens with zero attached hydrogens (tertiary/aromatic N) is 6. The summed E-state index contributed by atoms with van der Waals surface area (Å²) in [5, 5.41) is 21.0. The van der Waals surface area contributed by atoms with Gasteiger partial charge < -0.3 is 14.8 Å². The summed E-state index contributed by atoms with van der Waals surface area (Å²) in [4.78, 5) is 43.3. The lowest BCUT2D eigenvalue weighted by molar-refractivity contribution is -0.129. The zero-order valence-corrected chi connectivity index (χ0v) is 25.0. The first-order chi connectivity index (χ1) is 19.9. The van der Waals surface area contributed by atoms with Crippen molar-refractivity contribution in [1.29, 1.82) is 5.26 Å². The summed E-state index contributed by atoms with van der Waals surface area (Å²) < 4.78 is 28.2. The highest BCUT2D eigenvalue weighted by Gasteiger charge is 2.36. The minimum absolute atomic E-state index is 0.00736. The van der Waals surface area contributed by atoms with Crippen LogP contribution in [0.25, 0.3) is 15.2 Å². The summed E-state index contributed by atoms with van der Waals surface area (Å²) in [5.74, 6) is -0.748. The molecular weight excluding hydrogens is 565 g/mol. The lowest BCUT2D eigenvalue weighted by Gasteiger charge is -2.28. The van der Waals surface area contributed by atoms with Gasteiger partial charge in [-0.2, -0.15) is 15.5 Å². The molecule has 0 saturated heterocycles. The lowest BCUT2D eigenvalue weighted by atomic mass is 10.0. The van der Waals surface area contributed by atoms with Crippen LogP contribution in [0.2, 0.25) is 0 Å². The number of nitriles is 1. The van der Waals surface area contributed by atoms with Gasteiger partial charge in [0.15, 0.2) is 0 Å². The van der Waals surface area contributed by atoms with Gasteiger partial charge in [-0.05, 0) is 52.8 Å². The van der Waals surface area contributed by atoms with Crippen molar-refractivity contribution in [3.8, 4) is 16.8 Å². The molecule has 0 aliphatic rings. The van der Waals surface area contributed by atoms with Crippen LogP contribution in [0.1, 0.15) is 51.3 Å². The van der Waals surface area contributed by atoms with Gasteiger partial charge in [0.25, 0.3) is 5.56 Å². The maximum Gasteiger partial charge on any atom is 0.333 e. The van der Waals surface area contributed by atoms with Crippen molar-refractivity contribution in [2.75, 3.05) is 13.7 Å². The van der Waals surface area contributed by atoms with E-state index < -0.39 is 34.6 Å². The van der Waals surface area contributed by atoms with Gasteiger partial charge in [-0.1, -0.05) is 11.3 Å². The first-order valence-corrected chi connectivity index (χ1v) is 14.0. The molecule has 3 heterocycles. The minimum atomic E-state index is -1.58. The molecule has 4 aromatic rings.